The van der Waals surface area contributed by atoms with E-state index in [2.05, 4.69) is 26.1 Å². The molecule has 124 valence electrons. The van der Waals surface area contributed by atoms with Crippen LogP contribution in [0, 0.1) is 5.41 Å². The van der Waals surface area contributed by atoms with Crippen LogP contribution in [-0.4, -0.2) is 55.5 Å². The standard InChI is InChI=1S/C16H32N2O3/c1-15(2,3)8-9-17-12-10-18(11-13(12)20-7)14(19)21-16(4,5)6/h12-13,17H,8-11H2,1-7H3/t12?,13-/m0/s1. The number of methoxy groups -OCH3 is 1. The maximum atomic E-state index is 12.1. The molecule has 1 aliphatic heterocycles. The first kappa shape index (κ1) is 18.2. The minimum Gasteiger partial charge on any atom is -0.444 e. The van der Waals surface area contributed by atoms with Gasteiger partial charge in [-0.1, -0.05) is 20.8 Å². The van der Waals surface area contributed by atoms with Gasteiger partial charge in [0.1, 0.15) is 5.60 Å². The summed E-state index contributed by atoms with van der Waals surface area (Å²) in [6.45, 7) is 14.5. The van der Waals surface area contributed by atoms with Gasteiger partial charge in [0.2, 0.25) is 0 Å². The third-order valence-corrected chi connectivity index (χ3v) is 3.50. The summed E-state index contributed by atoms with van der Waals surface area (Å²) in [5, 5.41) is 3.51. The number of nitrogens with zero attached hydrogens (tertiary/aromatic N) is 1. The van der Waals surface area contributed by atoms with Gasteiger partial charge in [0.25, 0.3) is 0 Å². The smallest absolute Gasteiger partial charge is 0.410 e. The molecule has 0 spiro atoms. The minimum atomic E-state index is -0.461. The molecule has 1 saturated heterocycles. The number of carbonyl (C=O) groups excluding carboxylic acids is 1. The van der Waals surface area contributed by atoms with E-state index >= 15 is 0 Å². The summed E-state index contributed by atoms with van der Waals surface area (Å²) in [5.41, 5.74) is -0.156. The van der Waals surface area contributed by atoms with Crippen molar-refractivity contribution in [1.29, 1.82) is 0 Å². The molecule has 2 atom stereocenters. The summed E-state index contributed by atoms with van der Waals surface area (Å²) in [6, 6.07) is 0.171. The van der Waals surface area contributed by atoms with Gasteiger partial charge in [0.15, 0.2) is 0 Å². The Morgan fingerprint density at radius 2 is 1.81 bits per heavy atom. The zero-order chi connectivity index (χ0) is 16.3. The highest BCUT2D eigenvalue weighted by Crippen LogP contribution is 2.20. The largest absolute Gasteiger partial charge is 0.444 e. The van der Waals surface area contributed by atoms with Gasteiger partial charge < -0.3 is 19.7 Å². The Balaban J connectivity index is 2.50. The average molecular weight is 300 g/mol. The molecule has 0 radical (unpaired) electrons. The molecule has 21 heavy (non-hydrogen) atoms. The number of likely N-dealkylation sites (tertiary alicyclic amines) is 1. The minimum absolute atomic E-state index is 0.0255. The molecule has 0 aliphatic carbocycles. The van der Waals surface area contributed by atoms with E-state index < -0.39 is 5.60 Å². The second-order valence-electron chi connectivity index (χ2n) is 8.03. The van der Waals surface area contributed by atoms with E-state index in [4.69, 9.17) is 9.47 Å². The van der Waals surface area contributed by atoms with Crippen LogP contribution in [0.3, 0.4) is 0 Å². The second-order valence-corrected chi connectivity index (χ2v) is 8.03. The third kappa shape index (κ3) is 6.66. The Morgan fingerprint density at radius 1 is 1.19 bits per heavy atom. The van der Waals surface area contributed by atoms with Crippen molar-refractivity contribution in [2.45, 2.75) is 65.7 Å². The highest BCUT2D eigenvalue weighted by Gasteiger charge is 2.37. The molecule has 1 unspecified atom stereocenters. The monoisotopic (exact) mass is 300 g/mol. The van der Waals surface area contributed by atoms with Gasteiger partial charge in [-0.05, 0) is 39.2 Å². The summed E-state index contributed by atoms with van der Waals surface area (Å²) in [4.78, 5) is 13.9. The summed E-state index contributed by atoms with van der Waals surface area (Å²) < 4.78 is 10.9. The number of ether oxygens (including phenoxy) is 2. The molecular formula is C16H32N2O3. The summed E-state index contributed by atoms with van der Waals surface area (Å²) in [6.07, 6.45) is 0.856. The molecule has 1 fully saturated rings. The van der Waals surface area contributed by atoms with Crippen LogP contribution in [0.4, 0.5) is 4.79 Å². The van der Waals surface area contributed by atoms with Crippen LogP contribution in [0.25, 0.3) is 0 Å². The van der Waals surface area contributed by atoms with E-state index in [9.17, 15) is 4.79 Å². The molecule has 1 rings (SSSR count). The van der Waals surface area contributed by atoms with Crippen LogP contribution in [0.2, 0.25) is 0 Å². The summed E-state index contributed by atoms with van der Waals surface area (Å²) in [7, 11) is 1.70. The normalized spacial score (nSPS) is 23.5. The van der Waals surface area contributed by atoms with E-state index in [0.717, 1.165) is 13.0 Å². The Bertz CT molecular complexity index is 344. The predicted molar refractivity (Wildman–Crippen MR) is 84.5 cm³/mol. The van der Waals surface area contributed by atoms with Crippen molar-refractivity contribution in [1.82, 2.24) is 10.2 Å². The molecule has 1 N–H and O–H groups in total. The zero-order valence-corrected chi connectivity index (χ0v) is 14.7. The van der Waals surface area contributed by atoms with Crippen LogP contribution in [0.5, 0.6) is 0 Å². The molecule has 0 aromatic heterocycles. The maximum absolute atomic E-state index is 12.1. The number of hydrogen-bond donors (Lipinski definition) is 1. The van der Waals surface area contributed by atoms with Crippen LogP contribution < -0.4 is 5.32 Å². The Labute approximate surface area is 129 Å². The molecule has 0 aromatic carbocycles. The van der Waals surface area contributed by atoms with E-state index in [1.165, 1.54) is 0 Å². The zero-order valence-electron chi connectivity index (χ0n) is 14.7. The van der Waals surface area contributed by atoms with Crippen molar-refractivity contribution >= 4 is 6.09 Å². The molecule has 0 bridgehead atoms. The van der Waals surface area contributed by atoms with Gasteiger partial charge in [-0.15, -0.1) is 0 Å². The Morgan fingerprint density at radius 3 is 2.29 bits per heavy atom. The van der Waals surface area contributed by atoms with Crippen LogP contribution in [0.15, 0.2) is 0 Å². The average Bonchev–Trinajstić information content (AvgIpc) is 2.68. The SMILES string of the molecule is CO[C@H]1CN(C(=O)OC(C)(C)C)CC1NCCC(C)(C)C. The predicted octanol–water partition coefficient (Wildman–Crippen LogP) is 2.65. The lowest BCUT2D eigenvalue weighted by atomic mass is 9.92. The van der Waals surface area contributed by atoms with Crippen LogP contribution in [0.1, 0.15) is 48.0 Å². The first-order valence-corrected chi connectivity index (χ1v) is 7.76. The number of rotatable bonds is 4. The van der Waals surface area contributed by atoms with Crippen molar-refractivity contribution in [2.75, 3.05) is 26.7 Å². The third-order valence-electron chi connectivity index (χ3n) is 3.50. The lowest BCUT2D eigenvalue weighted by Crippen LogP contribution is -2.41. The molecule has 0 aromatic rings. The number of carbonyl (C=O) groups is 1. The van der Waals surface area contributed by atoms with Gasteiger partial charge in [0.05, 0.1) is 18.7 Å². The molecule has 1 aliphatic rings. The van der Waals surface area contributed by atoms with E-state index in [1.807, 2.05) is 20.8 Å². The fourth-order valence-corrected chi connectivity index (χ4v) is 2.32. The van der Waals surface area contributed by atoms with Gasteiger partial charge in [-0.3, -0.25) is 0 Å². The van der Waals surface area contributed by atoms with E-state index in [0.29, 0.717) is 18.5 Å². The molecule has 1 amide bonds. The first-order chi connectivity index (χ1) is 9.52. The summed E-state index contributed by atoms with van der Waals surface area (Å²) >= 11 is 0. The maximum Gasteiger partial charge on any atom is 0.410 e. The highest BCUT2D eigenvalue weighted by molar-refractivity contribution is 5.68. The number of nitrogens with one attached hydrogen (secondary N) is 1. The Kier molecular flexibility index (Phi) is 6.05. The second kappa shape index (κ2) is 6.97. The fourth-order valence-electron chi connectivity index (χ4n) is 2.32. The lowest BCUT2D eigenvalue weighted by Gasteiger charge is -2.24. The first-order valence-electron chi connectivity index (χ1n) is 7.76. The van der Waals surface area contributed by atoms with Gasteiger partial charge in [0, 0.05) is 13.7 Å². The number of hydrogen-bond acceptors (Lipinski definition) is 4. The van der Waals surface area contributed by atoms with Gasteiger partial charge in [-0.2, -0.15) is 0 Å². The molecule has 5 nitrogen and oxygen atoms in total. The van der Waals surface area contributed by atoms with E-state index in [-0.39, 0.29) is 18.2 Å². The molecule has 1 heterocycles. The van der Waals surface area contributed by atoms with Crippen LogP contribution >= 0.6 is 0 Å². The van der Waals surface area contributed by atoms with Gasteiger partial charge >= 0.3 is 6.09 Å². The quantitative estimate of drug-likeness (QED) is 0.867. The van der Waals surface area contributed by atoms with Crippen molar-refractivity contribution in [3.8, 4) is 0 Å². The van der Waals surface area contributed by atoms with Crippen molar-refractivity contribution in [3.05, 3.63) is 0 Å². The highest BCUT2D eigenvalue weighted by atomic mass is 16.6. The Hall–Kier alpha value is -0.810. The summed E-state index contributed by atoms with van der Waals surface area (Å²) in [5.74, 6) is 0. The van der Waals surface area contributed by atoms with Crippen molar-refractivity contribution in [2.24, 2.45) is 5.41 Å². The lowest BCUT2D eigenvalue weighted by molar-refractivity contribution is 0.0252. The van der Waals surface area contributed by atoms with Gasteiger partial charge in [-0.25, -0.2) is 4.79 Å². The van der Waals surface area contributed by atoms with Crippen molar-refractivity contribution < 1.29 is 14.3 Å². The molecule has 0 saturated carbocycles. The molecular weight excluding hydrogens is 268 g/mol. The fraction of sp³-hybridized carbons (Fsp3) is 0.938. The van der Waals surface area contributed by atoms with Crippen molar-refractivity contribution in [3.63, 3.8) is 0 Å². The topological polar surface area (TPSA) is 50.8 Å². The molecule has 5 heteroatoms. The number of amides is 1. The van der Waals surface area contributed by atoms with E-state index in [1.54, 1.807) is 12.0 Å². The van der Waals surface area contributed by atoms with Crippen LogP contribution in [-0.2, 0) is 9.47 Å².